The number of rotatable bonds is 4. The van der Waals surface area contributed by atoms with Crippen molar-refractivity contribution in [2.75, 3.05) is 0 Å². The summed E-state index contributed by atoms with van der Waals surface area (Å²) in [6, 6.07) is 0. The summed E-state index contributed by atoms with van der Waals surface area (Å²) in [6.45, 7) is 6.68. The molecule has 0 radical (unpaired) electrons. The van der Waals surface area contributed by atoms with Gasteiger partial charge in [0.2, 0.25) is 0 Å². The fraction of sp³-hybridized carbons (Fsp3) is 0.857. The van der Waals surface area contributed by atoms with Gasteiger partial charge in [0, 0.05) is 0 Å². The van der Waals surface area contributed by atoms with Gasteiger partial charge in [-0.3, -0.25) is 0 Å². The normalized spacial score (nSPS) is 10.7. The summed E-state index contributed by atoms with van der Waals surface area (Å²) in [7, 11) is 0. The van der Waals surface area contributed by atoms with Crippen molar-refractivity contribution in [3.8, 4) is 0 Å². The van der Waals surface area contributed by atoms with E-state index in [0.29, 0.717) is 0 Å². The van der Waals surface area contributed by atoms with Gasteiger partial charge in [-0.2, -0.15) is 0 Å². The van der Waals surface area contributed by atoms with E-state index in [2.05, 4.69) is 42.1 Å². The summed E-state index contributed by atoms with van der Waals surface area (Å²) < 4.78 is 4.36. The van der Waals surface area contributed by atoms with Gasteiger partial charge in [0.15, 0.2) is 0 Å². The predicted octanol–water partition coefficient (Wildman–Crippen LogP) is 3.09. The predicted molar refractivity (Wildman–Crippen MR) is 52.2 cm³/mol. The third-order valence-corrected chi connectivity index (χ3v) is 12.2. The summed E-state index contributed by atoms with van der Waals surface area (Å²) in [5, 5.41) is 6.29. The SMILES string of the molecule is C[CH2][Ge]([CH2]C)([CH2]C)[N]=C=S. The molecule has 0 rings (SSSR count). The van der Waals surface area contributed by atoms with Crippen LogP contribution in [-0.2, 0) is 0 Å². The summed E-state index contributed by atoms with van der Waals surface area (Å²) in [5.74, 6) is 0. The molecule has 0 aromatic heterocycles. The average Bonchev–Trinajstić information content (AvgIpc) is 2.01. The third kappa shape index (κ3) is 2.53. The Bertz CT molecular complexity index is 128. The molecule has 0 aliphatic rings. The second kappa shape index (κ2) is 5.05. The van der Waals surface area contributed by atoms with Crippen LogP contribution in [0.4, 0.5) is 0 Å². The van der Waals surface area contributed by atoms with E-state index in [1.165, 1.54) is 15.8 Å². The molecule has 0 spiro atoms. The van der Waals surface area contributed by atoms with E-state index in [1.54, 1.807) is 0 Å². The second-order valence-corrected chi connectivity index (χ2v) is 12.7. The first-order chi connectivity index (χ1) is 4.74. The van der Waals surface area contributed by atoms with Crippen LogP contribution in [0.3, 0.4) is 0 Å². The number of hydrogen-bond donors (Lipinski definition) is 0. The first-order valence-electron chi connectivity index (χ1n) is 3.83. The van der Waals surface area contributed by atoms with Crippen molar-refractivity contribution in [2.45, 2.75) is 36.5 Å². The van der Waals surface area contributed by atoms with E-state index in [9.17, 15) is 0 Å². The van der Waals surface area contributed by atoms with E-state index in [0.717, 1.165) is 0 Å². The molecule has 0 fully saturated rings. The van der Waals surface area contributed by atoms with Gasteiger partial charge in [-0.1, -0.05) is 0 Å². The van der Waals surface area contributed by atoms with Crippen molar-refractivity contribution in [1.29, 1.82) is 0 Å². The Labute approximate surface area is 71.5 Å². The van der Waals surface area contributed by atoms with Crippen molar-refractivity contribution in [2.24, 2.45) is 3.95 Å². The van der Waals surface area contributed by atoms with Crippen LogP contribution < -0.4 is 0 Å². The van der Waals surface area contributed by atoms with Gasteiger partial charge in [-0.15, -0.1) is 0 Å². The molecule has 0 aliphatic carbocycles. The summed E-state index contributed by atoms with van der Waals surface area (Å²) in [4.78, 5) is 0. The fourth-order valence-corrected chi connectivity index (χ4v) is 6.64. The van der Waals surface area contributed by atoms with Crippen molar-refractivity contribution in [1.82, 2.24) is 0 Å². The number of thiocarbonyl (C=S) groups is 1. The van der Waals surface area contributed by atoms with Crippen LogP contribution in [0, 0.1) is 0 Å². The Morgan fingerprint density at radius 2 is 1.60 bits per heavy atom. The molecule has 0 bridgehead atoms. The molecule has 0 saturated heterocycles. The van der Waals surface area contributed by atoms with E-state index in [1.807, 2.05) is 0 Å². The van der Waals surface area contributed by atoms with Gasteiger partial charge in [0.05, 0.1) is 0 Å². The zero-order valence-corrected chi connectivity index (χ0v) is 9.89. The third-order valence-electron chi connectivity index (χ3n) is 2.26. The van der Waals surface area contributed by atoms with E-state index in [4.69, 9.17) is 0 Å². The zero-order valence-electron chi connectivity index (χ0n) is 6.98. The van der Waals surface area contributed by atoms with Crippen molar-refractivity contribution in [3.63, 3.8) is 0 Å². The van der Waals surface area contributed by atoms with Crippen molar-refractivity contribution in [3.05, 3.63) is 0 Å². The minimum atomic E-state index is -1.80. The van der Waals surface area contributed by atoms with Crippen LogP contribution >= 0.6 is 12.2 Å². The van der Waals surface area contributed by atoms with Gasteiger partial charge in [-0.05, 0) is 0 Å². The number of nitrogens with zero attached hydrogens (tertiary/aromatic N) is 1. The van der Waals surface area contributed by atoms with Crippen LogP contribution in [0.15, 0.2) is 3.95 Å². The van der Waals surface area contributed by atoms with Crippen LogP contribution in [0.5, 0.6) is 0 Å². The number of isothiocyanates is 1. The molecule has 0 heterocycles. The Morgan fingerprint density at radius 3 is 1.70 bits per heavy atom. The van der Waals surface area contributed by atoms with Gasteiger partial charge in [-0.25, -0.2) is 0 Å². The summed E-state index contributed by atoms with van der Waals surface area (Å²) >= 11 is 2.83. The molecular weight excluding hydrogens is 203 g/mol. The number of hydrogen-bond acceptors (Lipinski definition) is 2. The molecule has 0 atom stereocenters. The maximum absolute atomic E-state index is 4.63. The second-order valence-electron chi connectivity index (χ2n) is 2.49. The van der Waals surface area contributed by atoms with Crippen LogP contribution in [-0.4, -0.2) is 18.6 Å². The van der Waals surface area contributed by atoms with Crippen LogP contribution in [0.25, 0.3) is 0 Å². The standard InChI is InChI=1S/C7H15GeNS/c1-4-8(5-2,6-3)9-7-10/h4-6H2,1-3H3. The summed E-state index contributed by atoms with van der Waals surface area (Å²) in [6.07, 6.45) is 0. The monoisotopic (exact) mass is 219 g/mol. The van der Waals surface area contributed by atoms with Crippen LogP contribution in [0.1, 0.15) is 20.8 Å². The summed E-state index contributed by atoms with van der Waals surface area (Å²) in [5.41, 5.74) is 0. The van der Waals surface area contributed by atoms with Gasteiger partial charge >= 0.3 is 71.3 Å². The minimum absolute atomic E-state index is 1.25. The fourth-order valence-electron chi connectivity index (χ4n) is 1.08. The van der Waals surface area contributed by atoms with Crippen LogP contribution in [0.2, 0.25) is 15.8 Å². The molecule has 0 saturated carbocycles. The quantitative estimate of drug-likeness (QED) is 0.401. The molecular formula is C7H15GeNS. The first-order valence-corrected chi connectivity index (χ1v) is 9.63. The topological polar surface area (TPSA) is 12.4 Å². The Morgan fingerprint density at radius 1 is 1.20 bits per heavy atom. The molecule has 10 heavy (non-hydrogen) atoms. The maximum atomic E-state index is 4.63. The van der Waals surface area contributed by atoms with E-state index >= 15 is 0 Å². The molecule has 0 aromatic carbocycles. The van der Waals surface area contributed by atoms with E-state index in [-0.39, 0.29) is 0 Å². The molecule has 3 heteroatoms. The van der Waals surface area contributed by atoms with Gasteiger partial charge in [0.25, 0.3) is 0 Å². The van der Waals surface area contributed by atoms with Gasteiger partial charge < -0.3 is 0 Å². The van der Waals surface area contributed by atoms with Crippen molar-refractivity contribution >= 4 is 30.9 Å². The first kappa shape index (κ1) is 10.3. The molecule has 0 aromatic rings. The van der Waals surface area contributed by atoms with E-state index < -0.39 is 13.5 Å². The molecule has 1 nitrogen and oxygen atoms in total. The Kier molecular flexibility index (Phi) is 5.23. The molecule has 0 N–H and O–H groups in total. The molecule has 58 valence electrons. The van der Waals surface area contributed by atoms with Gasteiger partial charge in [0.1, 0.15) is 0 Å². The molecule has 0 amide bonds. The molecule has 0 unspecified atom stereocenters. The molecule has 0 aliphatic heterocycles. The Balaban J connectivity index is 4.29. The van der Waals surface area contributed by atoms with Crippen molar-refractivity contribution < 1.29 is 0 Å². The average molecular weight is 218 g/mol. The zero-order chi connectivity index (χ0) is 8.04. The Hall–Kier alpha value is 0.343.